The predicted octanol–water partition coefficient (Wildman–Crippen LogP) is 3.45. The topological polar surface area (TPSA) is 92.4 Å². The molecule has 146 valence electrons. The lowest BCUT2D eigenvalue weighted by Crippen LogP contribution is -2.29. The zero-order valence-electron chi connectivity index (χ0n) is 16.2. The molecule has 29 heavy (non-hydrogen) atoms. The van der Waals surface area contributed by atoms with Crippen molar-refractivity contribution in [2.24, 2.45) is 0 Å². The van der Waals surface area contributed by atoms with E-state index in [4.69, 9.17) is 10.1 Å². The normalized spacial score (nSPS) is 11.6. The van der Waals surface area contributed by atoms with Gasteiger partial charge in [-0.2, -0.15) is 5.10 Å². The largest absolute Gasteiger partial charge is 0.389 e. The summed E-state index contributed by atoms with van der Waals surface area (Å²) in [5.74, 6) is 0. The summed E-state index contributed by atoms with van der Waals surface area (Å²) in [6.07, 6.45) is 6.11. The molecule has 0 amide bonds. The lowest BCUT2D eigenvalue weighted by molar-refractivity contribution is 0.0945. The zero-order chi connectivity index (χ0) is 20.4. The number of aliphatic hydroxyl groups is 1. The van der Waals surface area contributed by atoms with Crippen LogP contribution in [-0.2, 0) is 0 Å². The highest BCUT2D eigenvalue weighted by atomic mass is 16.3. The Kier molecular flexibility index (Phi) is 4.82. The molecule has 4 aromatic rings. The van der Waals surface area contributed by atoms with Crippen LogP contribution in [0.5, 0.6) is 0 Å². The van der Waals surface area contributed by atoms with Crippen molar-refractivity contribution < 1.29 is 9.90 Å². The number of nitrogens with zero attached hydrogens (tertiary/aromatic N) is 4. The average Bonchev–Trinajstić information content (AvgIpc) is 3.16. The molecule has 0 radical (unpaired) electrons. The fourth-order valence-electron chi connectivity index (χ4n) is 2.95. The van der Waals surface area contributed by atoms with Gasteiger partial charge in [-0.25, -0.2) is 9.50 Å². The Morgan fingerprint density at radius 3 is 2.41 bits per heavy atom. The summed E-state index contributed by atoms with van der Waals surface area (Å²) in [6.45, 7) is 3.85. The minimum Gasteiger partial charge on any atom is -0.389 e. The van der Waals surface area contributed by atoms with Crippen LogP contribution in [0.1, 0.15) is 24.2 Å². The van der Waals surface area contributed by atoms with E-state index in [-0.39, 0.29) is 0 Å². The van der Waals surface area contributed by atoms with Gasteiger partial charge < -0.3 is 10.4 Å². The molecule has 1 aromatic carbocycles. The Hall–Kier alpha value is -3.58. The lowest BCUT2D eigenvalue weighted by Gasteiger charge is -2.19. The van der Waals surface area contributed by atoms with E-state index in [1.807, 2.05) is 36.5 Å². The Balaban J connectivity index is 1.82. The van der Waals surface area contributed by atoms with Crippen LogP contribution >= 0.6 is 0 Å². The van der Waals surface area contributed by atoms with Gasteiger partial charge in [-0.15, -0.1) is 0 Å². The van der Waals surface area contributed by atoms with Crippen LogP contribution < -0.4 is 5.32 Å². The number of hydrogen-bond acceptors (Lipinski definition) is 6. The van der Waals surface area contributed by atoms with Crippen molar-refractivity contribution in [3.63, 3.8) is 0 Å². The highest BCUT2D eigenvalue weighted by Crippen LogP contribution is 2.27. The van der Waals surface area contributed by atoms with E-state index in [9.17, 15) is 9.90 Å². The molecule has 0 fully saturated rings. The van der Waals surface area contributed by atoms with Gasteiger partial charge in [-0.3, -0.25) is 9.78 Å². The van der Waals surface area contributed by atoms with Crippen LogP contribution in [0.2, 0.25) is 0 Å². The molecule has 0 aliphatic heterocycles. The van der Waals surface area contributed by atoms with Gasteiger partial charge in [0.25, 0.3) is 0 Å². The molecule has 0 aliphatic rings. The Bertz CT molecular complexity index is 1150. The van der Waals surface area contributed by atoms with E-state index in [0.717, 1.165) is 34.5 Å². The number of pyridine rings is 1. The quantitative estimate of drug-likeness (QED) is 0.492. The maximum absolute atomic E-state index is 10.9. The molecule has 0 unspecified atom stereocenters. The van der Waals surface area contributed by atoms with Crippen LogP contribution in [-0.4, -0.2) is 43.1 Å². The first kappa shape index (κ1) is 18.8. The van der Waals surface area contributed by atoms with E-state index < -0.39 is 5.60 Å². The summed E-state index contributed by atoms with van der Waals surface area (Å²) in [6, 6.07) is 12.9. The molecule has 3 heterocycles. The van der Waals surface area contributed by atoms with Gasteiger partial charge in [-0.05, 0) is 32.0 Å². The zero-order valence-corrected chi connectivity index (χ0v) is 16.2. The number of imidazole rings is 1. The monoisotopic (exact) mass is 387 g/mol. The molecular weight excluding hydrogens is 366 g/mol. The smallest absolute Gasteiger partial charge is 0.177 e. The van der Waals surface area contributed by atoms with E-state index in [1.165, 1.54) is 0 Å². The van der Waals surface area contributed by atoms with E-state index in [0.29, 0.717) is 17.8 Å². The van der Waals surface area contributed by atoms with Crippen LogP contribution in [0, 0.1) is 0 Å². The van der Waals surface area contributed by atoms with Gasteiger partial charge in [0.2, 0.25) is 0 Å². The number of benzene rings is 1. The molecule has 0 aliphatic carbocycles. The Morgan fingerprint density at radius 1 is 1.07 bits per heavy atom. The lowest BCUT2D eigenvalue weighted by atomic mass is 10.1. The fourth-order valence-corrected chi connectivity index (χ4v) is 2.95. The number of carbonyl (C=O) groups is 1. The van der Waals surface area contributed by atoms with E-state index >= 15 is 0 Å². The van der Waals surface area contributed by atoms with Crippen LogP contribution in [0.4, 0.5) is 5.69 Å². The fraction of sp³-hybridized carbons (Fsp3) is 0.182. The highest BCUT2D eigenvalue weighted by Gasteiger charge is 2.16. The molecule has 2 N–H and O–H groups in total. The van der Waals surface area contributed by atoms with Gasteiger partial charge in [0.15, 0.2) is 5.65 Å². The second-order valence-corrected chi connectivity index (χ2v) is 7.48. The maximum Gasteiger partial charge on any atom is 0.177 e. The maximum atomic E-state index is 10.9. The minimum absolute atomic E-state index is 0.360. The number of fused-ring (bicyclic) bond motifs is 1. The third-order valence-corrected chi connectivity index (χ3v) is 4.46. The van der Waals surface area contributed by atoms with Gasteiger partial charge in [0, 0.05) is 35.6 Å². The number of hydrogen-bond donors (Lipinski definition) is 2. The average molecular weight is 387 g/mol. The van der Waals surface area contributed by atoms with Crippen molar-refractivity contribution in [1.82, 2.24) is 19.6 Å². The summed E-state index contributed by atoms with van der Waals surface area (Å²) in [5.41, 5.74) is 4.48. The van der Waals surface area contributed by atoms with E-state index in [2.05, 4.69) is 10.3 Å². The van der Waals surface area contributed by atoms with Crippen molar-refractivity contribution in [3.05, 3.63) is 66.6 Å². The third kappa shape index (κ3) is 4.14. The molecular formula is C22H21N5O2. The Labute approximate surface area is 168 Å². The van der Waals surface area contributed by atoms with Crippen molar-refractivity contribution in [2.75, 3.05) is 11.9 Å². The van der Waals surface area contributed by atoms with Crippen LogP contribution in [0.25, 0.3) is 28.2 Å². The first-order chi connectivity index (χ1) is 13.9. The number of anilines is 1. The van der Waals surface area contributed by atoms with Crippen LogP contribution in [0.3, 0.4) is 0 Å². The summed E-state index contributed by atoms with van der Waals surface area (Å²) in [4.78, 5) is 19.7. The standard InChI is InChI=1S/C22H21N5O2/c1-22(2,29)14-24-19-11-18(17-7-9-23-10-8-17)26-27-12-20(25-21(19)27)16-5-3-15(13-28)4-6-16/h3-13,24,29H,14H2,1-2H3. The second-order valence-electron chi connectivity index (χ2n) is 7.48. The molecule has 7 nitrogen and oxygen atoms in total. The van der Waals surface area contributed by atoms with Gasteiger partial charge in [0.1, 0.15) is 6.29 Å². The number of carbonyl (C=O) groups excluding carboxylic acids is 1. The predicted molar refractivity (Wildman–Crippen MR) is 112 cm³/mol. The number of nitrogens with one attached hydrogen (secondary N) is 1. The SMILES string of the molecule is CC(C)(O)CNc1cc(-c2ccncc2)nn2cc(-c3ccc(C=O)cc3)nc12. The van der Waals surface area contributed by atoms with Crippen molar-refractivity contribution in [3.8, 4) is 22.5 Å². The first-order valence-electron chi connectivity index (χ1n) is 9.26. The van der Waals surface area contributed by atoms with Crippen LogP contribution in [0.15, 0.2) is 61.1 Å². The number of aldehydes is 1. The molecule has 0 spiro atoms. The molecule has 0 atom stereocenters. The number of aromatic nitrogens is 4. The molecule has 0 saturated heterocycles. The van der Waals surface area contributed by atoms with Gasteiger partial charge in [-0.1, -0.05) is 24.3 Å². The Morgan fingerprint density at radius 2 is 1.76 bits per heavy atom. The van der Waals surface area contributed by atoms with Gasteiger partial charge in [0.05, 0.1) is 28.9 Å². The second kappa shape index (κ2) is 7.44. The van der Waals surface area contributed by atoms with Crippen molar-refractivity contribution >= 4 is 17.6 Å². The molecule has 0 bridgehead atoms. The summed E-state index contributed by atoms with van der Waals surface area (Å²) >= 11 is 0. The molecule has 0 saturated carbocycles. The highest BCUT2D eigenvalue weighted by molar-refractivity contribution is 5.78. The van der Waals surface area contributed by atoms with E-state index in [1.54, 1.807) is 42.9 Å². The summed E-state index contributed by atoms with van der Waals surface area (Å²) in [5, 5.41) is 18.1. The number of rotatable bonds is 6. The minimum atomic E-state index is -0.878. The summed E-state index contributed by atoms with van der Waals surface area (Å²) in [7, 11) is 0. The molecule has 3 aromatic heterocycles. The third-order valence-electron chi connectivity index (χ3n) is 4.46. The molecule has 7 heteroatoms. The first-order valence-corrected chi connectivity index (χ1v) is 9.26. The van der Waals surface area contributed by atoms with Crippen molar-refractivity contribution in [1.29, 1.82) is 0 Å². The van der Waals surface area contributed by atoms with Crippen molar-refractivity contribution in [2.45, 2.75) is 19.4 Å². The summed E-state index contributed by atoms with van der Waals surface area (Å²) < 4.78 is 1.73. The molecule has 4 rings (SSSR count). The van der Waals surface area contributed by atoms with Gasteiger partial charge >= 0.3 is 0 Å².